The number of amides is 1. The Morgan fingerprint density at radius 2 is 1.81 bits per heavy atom. The number of allylic oxidation sites excluding steroid dienone is 1. The van der Waals surface area contributed by atoms with Gasteiger partial charge in [-0.05, 0) is 55.2 Å². The lowest BCUT2D eigenvalue weighted by Gasteiger charge is -2.47. The standard InChI is InChI=1S/C27H24Br2FN3O4/c1-4-37-24(35)22-23(31)33(18-8-6-14(29)10-16(18)30)19-11-26(2,3)12-20(34)21(19)27(22)15-9-13(28)5-7-17(15)32-25(27)36/h5-10H,4,11-12,31H2,1-3H3,(H,32,36). The van der Waals surface area contributed by atoms with E-state index in [2.05, 4.69) is 37.2 Å². The fourth-order valence-electron chi connectivity index (χ4n) is 5.65. The minimum atomic E-state index is -1.85. The van der Waals surface area contributed by atoms with E-state index in [1.54, 1.807) is 31.2 Å². The van der Waals surface area contributed by atoms with Gasteiger partial charge in [-0.15, -0.1) is 0 Å². The fourth-order valence-corrected chi connectivity index (χ4v) is 6.34. The van der Waals surface area contributed by atoms with Crippen molar-refractivity contribution in [2.45, 2.75) is 39.0 Å². The molecule has 2 aliphatic heterocycles. The maximum atomic E-state index is 15.4. The number of ketones is 1. The first-order chi connectivity index (χ1) is 17.4. The number of ether oxygens (including phenoxy) is 1. The fraction of sp³-hybridized carbons (Fsp3) is 0.296. The van der Waals surface area contributed by atoms with E-state index in [4.69, 9.17) is 10.5 Å². The van der Waals surface area contributed by atoms with Gasteiger partial charge in [0, 0.05) is 37.9 Å². The van der Waals surface area contributed by atoms with E-state index in [9.17, 15) is 14.4 Å². The third-order valence-corrected chi connectivity index (χ3v) is 7.96. The number of anilines is 2. The number of benzene rings is 2. The van der Waals surface area contributed by atoms with Crippen molar-refractivity contribution in [2.75, 3.05) is 16.8 Å². The van der Waals surface area contributed by atoms with Crippen LogP contribution in [0.4, 0.5) is 15.8 Å². The van der Waals surface area contributed by atoms with Gasteiger partial charge >= 0.3 is 5.97 Å². The summed E-state index contributed by atoms with van der Waals surface area (Å²) in [6.45, 7) is 5.50. The van der Waals surface area contributed by atoms with Crippen LogP contribution in [0.15, 0.2) is 68.0 Å². The van der Waals surface area contributed by atoms with Gasteiger partial charge in [0.05, 0.1) is 12.3 Å². The van der Waals surface area contributed by atoms with E-state index in [0.29, 0.717) is 32.3 Å². The number of nitrogens with two attached hydrogens (primary N) is 1. The van der Waals surface area contributed by atoms with E-state index in [1.807, 2.05) is 13.8 Å². The number of hydrogen-bond donors (Lipinski definition) is 2. The first-order valence-corrected chi connectivity index (χ1v) is 13.3. The molecule has 192 valence electrons. The molecule has 1 unspecified atom stereocenters. The predicted molar refractivity (Wildman–Crippen MR) is 144 cm³/mol. The van der Waals surface area contributed by atoms with Gasteiger partial charge in [0.15, 0.2) is 5.78 Å². The van der Waals surface area contributed by atoms with Crippen LogP contribution in [0.5, 0.6) is 0 Å². The van der Waals surface area contributed by atoms with Gasteiger partial charge in [0.1, 0.15) is 22.6 Å². The molecule has 10 heteroatoms. The summed E-state index contributed by atoms with van der Waals surface area (Å²) in [5, 5.41) is 2.84. The number of Topliss-reactive ketones (excluding diaryl/α,β-unsaturated/α-hetero) is 1. The lowest BCUT2D eigenvalue weighted by atomic mass is 9.60. The van der Waals surface area contributed by atoms with Crippen LogP contribution >= 0.6 is 31.9 Å². The Morgan fingerprint density at radius 1 is 1.14 bits per heavy atom. The first kappa shape index (κ1) is 25.7. The topological polar surface area (TPSA) is 102 Å². The highest BCUT2D eigenvalue weighted by molar-refractivity contribution is 9.10. The van der Waals surface area contributed by atoms with Crippen molar-refractivity contribution < 1.29 is 23.5 Å². The van der Waals surface area contributed by atoms with Gasteiger partial charge in [-0.3, -0.25) is 14.5 Å². The minimum absolute atomic E-state index is 0.0121. The molecule has 0 fully saturated rings. The molecule has 7 nitrogen and oxygen atoms in total. The number of hydrogen-bond acceptors (Lipinski definition) is 6. The molecular weight excluding hydrogens is 609 g/mol. The van der Waals surface area contributed by atoms with E-state index in [0.717, 1.165) is 0 Å². The van der Waals surface area contributed by atoms with Crippen LogP contribution in [0.1, 0.15) is 39.2 Å². The molecule has 1 amide bonds. The number of nitrogens with zero attached hydrogens (tertiary/aromatic N) is 1. The van der Waals surface area contributed by atoms with Crippen LogP contribution in [-0.4, -0.2) is 24.3 Å². The second-order valence-electron chi connectivity index (χ2n) is 10.1. The average Bonchev–Trinajstić information content (AvgIpc) is 3.05. The van der Waals surface area contributed by atoms with E-state index < -0.39 is 28.5 Å². The molecule has 2 aromatic carbocycles. The molecular formula is C27H24Br2FN3O4. The third-order valence-electron chi connectivity index (χ3n) is 6.97. The number of fused-ring (bicyclic) bond motifs is 3. The maximum Gasteiger partial charge on any atom is 0.339 e. The van der Waals surface area contributed by atoms with Crippen molar-refractivity contribution in [1.29, 1.82) is 0 Å². The summed E-state index contributed by atoms with van der Waals surface area (Å²) >= 11 is 6.73. The Labute approximate surface area is 230 Å². The summed E-state index contributed by atoms with van der Waals surface area (Å²) in [6.07, 6.45) is 0.454. The second-order valence-corrected chi connectivity index (χ2v) is 11.9. The number of carbonyl (C=O) groups is 3. The van der Waals surface area contributed by atoms with Crippen LogP contribution in [0.3, 0.4) is 0 Å². The minimum Gasteiger partial charge on any atom is -0.462 e. The highest BCUT2D eigenvalue weighted by Crippen LogP contribution is 2.58. The average molecular weight is 633 g/mol. The van der Waals surface area contributed by atoms with Crippen LogP contribution in [0, 0.1) is 11.2 Å². The van der Waals surface area contributed by atoms with Gasteiger partial charge < -0.3 is 15.8 Å². The molecule has 5 rings (SSSR count). The quantitative estimate of drug-likeness (QED) is 0.437. The summed E-state index contributed by atoms with van der Waals surface area (Å²) in [5.74, 6) is -2.52. The molecule has 0 radical (unpaired) electrons. The number of nitrogens with one attached hydrogen (secondary N) is 1. The van der Waals surface area contributed by atoms with Crippen molar-refractivity contribution in [3.05, 3.63) is 79.4 Å². The second kappa shape index (κ2) is 8.80. The largest absolute Gasteiger partial charge is 0.462 e. The van der Waals surface area contributed by atoms with Gasteiger partial charge in [-0.2, -0.15) is 0 Å². The lowest BCUT2D eigenvalue weighted by Crippen LogP contribution is -2.54. The Morgan fingerprint density at radius 3 is 2.49 bits per heavy atom. The predicted octanol–water partition coefficient (Wildman–Crippen LogP) is 5.44. The molecule has 0 aromatic heterocycles. The molecule has 3 aliphatic rings. The Hall–Kier alpha value is -2.98. The summed E-state index contributed by atoms with van der Waals surface area (Å²) in [5.41, 5.74) is 5.60. The van der Waals surface area contributed by atoms with E-state index >= 15 is 4.39 Å². The Kier molecular flexibility index (Phi) is 6.10. The molecule has 1 spiro atoms. The van der Waals surface area contributed by atoms with Crippen molar-refractivity contribution in [3.8, 4) is 0 Å². The third kappa shape index (κ3) is 3.75. The summed E-state index contributed by atoms with van der Waals surface area (Å²) < 4.78 is 22.0. The summed E-state index contributed by atoms with van der Waals surface area (Å²) in [7, 11) is 0. The SMILES string of the molecule is CCOC(=O)C1=C(N)N(c2ccc(Br)cc2F)C2=C(C(=O)CC(C)(C)C2)C12C(=O)Nc1ccc(Br)cc12. The van der Waals surface area contributed by atoms with Gasteiger partial charge in [-0.25, -0.2) is 9.18 Å². The highest BCUT2D eigenvalue weighted by Gasteiger charge is 2.63. The number of esters is 1. The Bertz CT molecular complexity index is 1470. The smallest absolute Gasteiger partial charge is 0.339 e. The zero-order chi connectivity index (χ0) is 26.9. The first-order valence-electron chi connectivity index (χ1n) is 11.7. The van der Waals surface area contributed by atoms with Crippen molar-refractivity contribution in [1.82, 2.24) is 0 Å². The normalized spacial score (nSPS) is 22.3. The molecule has 2 heterocycles. The van der Waals surface area contributed by atoms with E-state index in [-0.39, 0.29) is 41.5 Å². The van der Waals surface area contributed by atoms with Crippen molar-refractivity contribution in [3.63, 3.8) is 0 Å². The Balaban J connectivity index is 1.94. The van der Waals surface area contributed by atoms with Crippen LogP contribution in [0.25, 0.3) is 0 Å². The molecule has 37 heavy (non-hydrogen) atoms. The van der Waals surface area contributed by atoms with Crippen LogP contribution in [0.2, 0.25) is 0 Å². The van der Waals surface area contributed by atoms with Gasteiger partial charge in [0.2, 0.25) is 5.91 Å². The van der Waals surface area contributed by atoms with Gasteiger partial charge in [-0.1, -0.05) is 45.7 Å². The van der Waals surface area contributed by atoms with Crippen LogP contribution < -0.4 is 16.0 Å². The molecule has 0 bridgehead atoms. The van der Waals surface area contributed by atoms with Crippen molar-refractivity contribution >= 4 is 60.9 Å². The number of rotatable bonds is 3. The number of carbonyl (C=O) groups excluding carboxylic acids is 3. The molecule has 2 aromatic rings. The lowest BCUT2D eigenvalue weighted by molar-refractivity contribution is -0.140. The number of halogens is 3. The zero-order valence-electron chi connectivity index (χ0n) is 20.4. The molecule has 0 saturated heterocycles. The summed E-state index contributed by atoms with van der Waals surface area (Å²) in [6, 6.07) is 9.59. The maximum absolute atomic E-state index is 15.4. The van der Waals surface area contributed by atoms with E-state index in [1.165, 1.54) is 17.0 Å². The monoisotopic (exact) mass is 631 g/mol. The van der Waals surface area contributed by atoms with Crippen LogP contribution in [-0.2, 0) is 24.5 Å². The highest BCUT2D eigenvalue weighted by atomic mass is 79.9. The molecule has 3 N–H and O–H groups in total. The molecule has 1 aliphatic carbocycles. The van der Waals surface area contributed by atoms with Gasteiger partial charge in [0.25, 0.3) is 0 Å². The molecule has 1 atom stereocenters. The summed E-state index contributed by atoms with van der Waals surface area (Å²) in [4.78, 5) is 43.0. The van der Waals surface area contributed by atoms with Crippen molar-refractivity contribution in [2.24, 2.45) is 11.1 Å². The zero-order valence-corrected chi connectivity index (χ0v) is 23.5. The molecule has 0 saturated carbocycles.